The molecule has 1 N–H and O–H groups in total. The van der Waals surface area contributed by atoms with Gasteiger partial charge < -0.3 is 24.3 Å². The van der Waals surface area contributed by atoms with Crippen LogP contribution in [0.2, 0.25) is 0 Å². The Morgan fingerprint density at radius 2 is 2.08 bits per heavy atom. The maximum atomic E-state index is 12.5. The number of esters is 1. The van der Waals surface area contributed by atoms with E-state index in [0.29, 0.717) is 31.2 Å². The number of carbonyl (C=O) groups is 1. The van der Waals surface area contributed by atoms with Crippen LogP contribution in [0.3, 0.4) is 0 Å². The maximum Gasteiger partial charge on any atom is 0.387 e. The Morgan fingerprint density at radius 3 is 2.73 bits per heavy atom. The molecular weight excluding hydrogens is 372 g/mol. The minimum atomic E-state index is -2.92. The van der Waals surface area contributed by atoms with Crippen molar-refractivity contribution in [3.63, 3.8) is 0 Å². The van der Waals surface area contributed by atoms with Crippen LogP contribution in [0.1, 0.15) is 19.3 Å². The predicted octanol–water partition coefficient (Wildman–Crippen LogP) is 2.78. The highest BCUT2D eigenvalue weighted by Gasteiger charge is 2.31. The summed E-state index contributed by atoms with van der Waals surface area (Å²) in [6.07, 6.45) is 2.43. The van der Waals surface area contributed by atoms with E-state index in [2.05, 4.69) is 10.1 Å². The van der Waals surface area contributed by atoms with Gasteiger partial charge in [-0.1, -0.05) is 0 Å². The lowest BCUT2D eigenvalue weighted by molar-refractivity contribution is -0.142. The summed E-state index contributed by atoms with van der Waals surface area (Å²) in [5.74, 6) is 0.842. The molecule has 146 valence electrons. The van der Waals surface area contributed by atoms with Gasteiger partial charge in [0.25, 0.3) is 0 Å². The van der Waals surface area contributed by atoms with Gasteiger partial charge in [-0.15, -0.1) is 12.4 Å². The molecule has 1 aromatic carbocycles. The van der Waals surface area contributed by atoms with Crippen molar-refractivity contribution in [2.24, 2.45) is 5.92 Å². The molecule has 9 heteroatoms. The summed E-state index contributed by atoms with van der Waals surface area (Å²) in [6.45, 7) is -1.96. The molecule has 2 fully saturated rings. The van der Waals surface area contributed by atoms with Gasteiger partial charge in [-0.05, 0) is 30.9 Å². The number of hydrogen-bond acceptors (Lipinski definition) is 6. The molecule has 0 unspecified atom stereocenters. The Morgan fingerprint density at radius 1 is 1.31 bits per heavy atom. The SMILES string of the molecule is COC(=O)[C@H]1C[C@H](Oc2ccc(OC(F)F)c(OCC3CC3)c2)CN1.Cl. The molecule has 6 nitrogen and oxygen atoms in total. The van der Waals surface area contributed by atoms with Crippen molar-refractivity contribution in [3.8, 4) is 17.2 Å². The van der Waals surface area contributed by atoms with E-state index in [0.717, 1.165) is 12.8 Å². The number of halogens is 3. The fourth-order valence-electron chi connectivity index (χ4n) is 2.67. The minimum absolute atomic E-state index is 0. The predicted molar refractivity (Wildman–Crippen MR) is 91.4 cm³/mol. The first-order valence-corrected chi connectivity index (χ1v) is 8.24. The van der Waals surface area contributed by atoms with E-state index in [1.165, 1.54) is 13.2 Å². The summed E-state index contributed by atoms with van der Waals surface area (Å²) >= 11 is 0. The second kappa shape index (κ2) is 9.23. The molecule has 0 radical (unpaired) electrons. The van der Waals surface area contributed by atoms with Gasteiger partial charge in [0.05, 0.1) is 13.7 Å². The number of hydrogen-bond donors (Lipinski definition) is 1. The van der Waals surface area contributed by atoms with Gasteiger partial charge in [0, 0.05) is 19.0 Å². The normalized spacial score (nSPS) is 21.8. The van der Waals surface area contributed by atoms with E-state index in [4.69, 9.17) is 14.2 Å². The fraction of sp³-hybridized carbons (Fsp3) is 0.588. The van der Waals surface area contributed by atoms with Crippen molar-refractivity contribution >= 4 is 18.4 Å². The molecule has 0 amide bonds. The van der Waals surface area contributed by atoms with Crippen LogP contribution < -0.4 is 19.5 Å². The molecule has 2 aliphatic rings. The molecule has 1 aromatic rings. The number of alkyl halides is 2. The molecule has 0 spiro atoms. The summed E-state index contributed by atoms with van der Waals surface area (Å²) in [6, 6.07) is 4.10. The fourth-order valence-corrected chi connectivity index (χ4v) is 2.67. The second-order valence-corrected chi connectivity index (χ2v) is 6.20. The zero-order chi connectivity index (χ0) is 17.8. The highest BCUT2D eigenvalue weighted by Crippen LogP contribution is 2.36. The van der Waals surface area contributed by atoms with Crippen molar-refractivity contribution in [2.45, 2.75) is 38.0 Å². The molecule has 0 bridgehead atoms. The average molecular weight is 394 g/mol. The molecular formula is C17H22ClF2NO5. The van der Waals surface area contributed by atoms with Crippen molar-refractivity contribution in [1.29, 1.82) is 0 Å². The zero-order valence-electron chi connectivity index (χ0n) is 14.3. The molecule has 1 aliphatic heterocycles. The van der Waals surface area contributed by atoms with Crippen molar-refractivity contribution < 1.29 is 32.5 Å². The first-order valence-electron chi connectivity index (χ1n) is 8.24. The van der Waals surface area contributed by atoms with Gasteiger partial charge in [-0.2, -0.15) is 8.78 Å². The molecule has 1 heterocycles. The highest BCUT2D eigenvalue weighted by atomic mass is 35.5. The average Bonchev–Trinajstić information content (AvgIpc) is 3.31. The lowest BCUT2D eigenvalue weighted by Gasteiger charge is -2.16. The summed E-state index contributed by atoms with van der Waals surface area (Å²) in [4.78, 5) is 11.5. The molecule has 1 saturated heterocycles. The largest absolute Gasteiger partial charge is 0.489 e. The maximum absolute atomic E-state index is 12.5. The summed E-state index contributed by atoms with van der Waals surface area (Å²) in [5.41, 5.74) is 0. The Labute approximate surface area is 156 Å². The minimum Gasteiger partial charge on any atom is -0.489 e. The van der Waals surface area contributed by atoms with Crippen LogP contribution in [-0.2, 0) is 9.53 Å². The standard InChI is InChI=1S/C17H21F2NO5.ClH/c1-22-16(21)13-6-12(8-20-13)24-11-4-5-14(25-17(18)19)15(7-11)23-9-10-2-3-10;/h4-5,7,10,12-13,17,20H,2-3,6,8-9H2,1H3;1H/t12-,13+;/m0./s1. The first-order chi connectivity index (χ1) is 12.0. The van der Waals surface area contributed by atoms with Crippen molar-refractivity contribution in [2.75, 3.05) is 20.3 Å². The van der Waals surface area contributed by atoms with Crippen LogP contribution in [0.25, 0.3) is 0 Å². The topological polar surface area (TPSA) is 66.0 Å². The van der Waals surface area contributed by atoms with Crippen LogP contribution in [0.5, 0.6) is 17.2 Å². The van der Waals surface area contributed by atoms with Gasteiger partial charge >= 0.3 is 12.6 Å². The van der Waals surface area contributed by atoms with Crippen molar-refractivity contribution in [3.05, 3.63) is 18.2 Å². The smallest absolute Gasteiger partial charge is 0.387 e. The highest BCUT2D eigenvalue weighted by molar-refractivity contribution is 5.85. The van der Waals surface area contributed by atoms with E-state index in [9.17, 15) is 13.6 Å². The molecule has 1 aliphatic carbocycles. The summed E-state index contributed by atoms with van der Waals surface area (Å²) < 4.78 is 45.7. The van der Waals surface area contributed by atoms with Gasteiger partial charge in [-0.3, -0.25) is 4.79 Å². The third-order valence-electron chi connectivity index (χ3n) is 4.18. The second-order valence-electron chi connectivity index (χ2n) is 6.20. The van der Waals surface area contributed by atoms with E-state index >= 15 is 0 Å². The Balaban J connectivity index is 0.00000243. The molecule has 1 saturated carbocycles. The van der Waals surface area contributed by atoms with E-state index in [-0.39, 0.29) is 36.0 Å². The monoisotopic (exact) mass is 393 g/mol. The Hall–Kier alpha value is -1.80. The van der Waals surface area contributed by atoms with Crippen LogP contribution >= 0.6 is 12.4 Å². The van der Waals surface area contributed by atoms with E-state index < -0.39 is 12.7 Å². The van der Waals surface area contributed by atoms with E-state index in [1.807, 2.05) is 0 Å². The third-order valence-corrected chi connectivity index (χ3v) is 4.18. The van der Waals surface area contributed by atoms with Gasteiger partial charge in [0.2, 0.25) is 0 Å². The number of benzene rings is 1. The zero-order valence-corrected chi connectivity index (χ0v) is 15.1. The number of ether oxygens (including phenoxy) is 4. The van der Waals surface area contributed by atoms with Crippen LogP contribution in [-0.4, -0.2) is 45.0 Å². The lowest BCUT2D eigenvalue weighted by Crippen LogP contribution is -2.31. The summed E-state index contributed by atoms with van der Waals surface area (Å²) in [5, 5.41) is 3.02. The van der Waals surface area contributed by atoms with Gasteiger partial charge in [-0.25, -0.2) is 0 Å². The molecule has 3 rings (SSSR count). The van der Waals surface area contributed by atoms with E-state index in [1.54, 1.807) is 12.1 Å². The van der Waals surface area contributed by atoms with Crippen molar-refractivity contribution in [1.82, 2.24) is 5.32 Å². The molecule has 26 heavy (non-hydrogen) atoms. The van der Waals surface area contributed by atoms with Gasteiger partial charge in [0.15, 0.2) is 11.5 Å². The number of rotatable bonds is 8. The van der Waals surface area contributed by atoms with Gasteiger partial charge in [0.1, 0.15) is 17.9 Å². The Bertz CT molecular complexity index is 615. The molecule has 2 atom stereocenters. The van der Waals surface area contributed by atoms with Crippen LogP contribution in [0, 0.1) is 5.92 Å². The number of methoxy groups -OCH3 is 1. The number of carbonyl (C=O) groups excluding carboxylic acids is 1. The third kappa shape index (κ3) is 5.60. The van der Waals surface area contributed by atoms with Crippen LogP contribution in [0.4, 0.5) is 8.78 Å². The first kappa shape index (κ1) is 20.5. The summed E-state index contributed by atoms with van der Waals surface area (Å²) in [7, 11) is 1.34. The molecule has 0 aromatic heterocycles. The Kier molecular flexibility index (Phi) is 7.28. The lowest BCUT2D eigenvalue weighted by atomic mass is 10.2. The van der Waals surface area contributed by atoms with Crippen LogP contribution in [0.15, 0.2) is 18.2 Å². The quantitative estimate of drug-likeness (QED) is 0.685. The number of nitrogens with one attached hydrogen (secondary N) is 1.